The van der Waals surface area contributed by atoms with E-state index in [4.69, 9.17) is 4.74 Å². The molecule has 2 aromatic rings. The van der Waals surface area contributed by atoms with E-state index in [0.29, 0.717) is 6.29 Å². The molecular formula is C14H11NO4. The van der Waals surface area contributed by atoms with E-state index in [9.17, 15) is 14.8 Å². The van der Waals surface area contributed by atoms with Crippen molar-refractivity contribution in [1.82, 2.24) is 0 Å². The van der Waals surface area contributed by atoms with Crippen LogP contribution in [0.3, 0.4) is 0 Å². The lowest BCUT2D eigenvalue weighted by molar-refractivity contribution is 0.112. The van der Waals surface area contributed by atoms with Gasteiger partial charge in [0.1, 0.15) is 12.3 Å². The first-order chi connectivity index (χ1) is 9.26. The highest BCUT2D eigenvalue weighted by molar-refractivity contribution is 5.88. The lowest BCUT2D eigenvalue weighted by Gasteiger charge is -2.09. The second kappa shape index (κ2) is 5.77. The highest BCUT2D eigenvalue weighted by Gasteiger charge is 2.13. The lowest BCUT2D eigenvalue weighted by atomic mass is 10.1. The highest BCUT2D eigenvalue weighted by Crippen LogP contribution is 2.35. The Labute approximate surface area is 109 Å². The number of aromatic hydroxyl groups is 1. The van der Waals surface area contributed by atoms with Gasteiger partial charge in [-0.1, -0.05) is 30.3 Å². The molecule has 19 heavy (non-hydrogen) atoms. The number of nitrogens with zero attached hydrogens (tertiary/aromatic N) is 1. The average Bonchev–Trinajstić information content (AvgIpc) is 2.46. The number of rotatable bonds is 5. The summed E-state index contributed by atoms with van der Waals surface area (Å²) >= 11 is 0. The number of hydrogen-bond acceptors (Lipinski definition) is 5. The largest absolute Gasteiger partial charge is 0.504 e. The van der Waals surface area contributed by atoms with Gasteiger partial charge in [0.25, 0.3) is 0 Å². The predicted octanol–water partition coefficient (Wildman–Crippen LogP) is 3.18. The van der Waals surface area contributed by atoms with Crippen molar-refractivity contribution in [2.24, 2.45) is 5.18 Å². The van der Waals surface area contributed by atoms with Gasteiger partial charge in [-0.25, -0.2) is 0 Å². The normalized spacial score (nSPS) is 9.89. The van der Waals surface area contributed by atoms with Crippen LogP contribution in [0.5, 0.6) is 11.5 Å². The Morgan fingerprint density at radius 3 is 2.53 bits per heavy atom. The van der Waals surface area contributed by atoms with Crippen LogP contribution in [-0.2, 0) is 6.61 Å². The molecule has 2 rings (SSSR count). The van der Waals surface area contributed by atoms with Crippen molar-refractivity contribution in [1.29, 1.82) is 0 Å². The summed E-state index contributed by atoms with van der Waals surface area (Å²) in [7, 11) is 0. The molecule has 0 saturated heterocycles. The number of phenolic OH excluding ortho intramolecular Hbond substituents is 1. The van der Waals surface area contributed by atoms with Crippen molar-refractivity contribution in [2.75, 3.05) is 0 Å². The lowest BCUT2D eigenvalue weighted by Crippen LogP contribution is -1.96. The van der Waals surface area contributed by atoms with E-state index in [1.165, 1.54) is 12.1 Å². The second-order valence-electron chi connectivity index (χ2n) is 3.83. The Morgan fingerprint density at radius 1 is 1.16 bits per heavy atom. The molecular weight excluding hydrogens is 246 g/mol. The molecule has 0 amide bonds. The molecule has 0 aliphatic carbocycles. The molecule has 0 radical (unpaired) electrons. The summed E-state index contributed by atoms with van der Waals surface area (Å²) in [5.74, 6) is -0.235. The van der Waals surface area contributed by atoms with E-state index >= 15 is 0 Å². The number of carbonyl (C=O) groups is 1. The topological polar surface area (TPSA) is 76.0 Å². The summed E-state index contributed by atoms with van der Waals surface area (Å²) < 4.78 is 5.41. The van der Waals surface area contributed by atoms with Gasteiger partial charge in [0, 0.05) is 0 Å². The van der Waals surface area contributed by atoms with Gasteiger partial charge in [0.05, 0.1) is 5.56 Å². The molecule has 0 aliphatic heterocycles. The molecule has 0 bridgehead atoms. The van der Waals surface area contributed by atoms with Gasteiger partial charge >= 0.3 is 0 Å². The van der Waals surface area contributed by atoms with Crippen LogP contribution in [0.15, 0.2) is 47.6 Å². The van der Waals surface area contributed by atoms with Crippen molar-refractivity contribution in [3.05, 3.63) is 58.5 Å². The van der Waals surface area contributed by atoms with Crippen LogP contribution < -0.4 is 4.74 Å². The van der Waals surface area contributed by atoms with Crippen LogP contribution in [-0.4, -0.2) is 11.4 Å². The number of ether oxygens (including phenoxy) is 1. The number of phenols is 1. The molecule has 2 aromatic carbocycles. The molecule has 96 valence electrons. The molecule has 0 fully saturated rings. The summed E-state index contributed by atoms with van der Waals surface area (Å²) in [6.07, 6.45) is 0.376. The Kier molecular flexibility index (Phi) is 3.87. The summed E-state index contributed by atoms with van der Waals surface area (Å²) in [6, 6.07) is 12.1. The zero-order chi connectivity index (χ0) is 13.7. The van der Waals surface area contributed by atoms with Crippen LogP contribution in [0.2, 0.25) is 0 Å². The smallest absolute Gasteiger partial charge is 0.170 e. The second-order valence-corrected chi connectivity index (χ2v) is 3.83. The fourth-order valence-electron chi connectivity index (χ4n) is 1.62. The number of aldehydes is 1. The van der Waals surface area contributed by atoms with Gasteiger partial charge in [0.15, 0.2) is 17.8 Å². The van der Waals surface area contributed by atoms with E-state index in [-0.39, 0.29) is 29.4 Å². The van der Waals surface area contributed by atoms with E-state index in [0.717, 1.165) is 5.56 Å². The van der Waals surface area contributed by atoms with Crippen molar-refractivity contribution in [2.45, 2.75) is 6.61 Å². The van der Waals surface area contributed by atoms with E-state index < -0.39 is 0 Å². The standard InChI is InChI=1S/C14H11NO4/c16-8-11-12(15-18)6-7-13(14(11)17)19-9-10-4-2-1-3-5-10/h1-8,17H,9H2. The average molecular weight is 257 g/mol. The molecule has 5 heteroatoms. The molecule has 0 spiro atoms. The van der Waals surface area contributed by atoms with Gasteiger partial charge in [-0.15, -0.1) is 4.91 Å². The van der Waals surface area contributed by atoms with Crippen LogP contribution >= 0.6 is 0 Å². The Morgan fingerprint density at radius 2 is 1.89 bits per heavy atom. The number of carbonyl (C=O) groups excluding carboxylic acids is 1. The quantitative estimate of drug-likeness (QED) is 0.659. The first kappa shape index (κ1) is 12.8. The maximum Gasteiger partial charge on any atom is 0.170 e. The zero-order valence-corrected chi connectivity index (χ0v) is 9.95. The molecule has 0 heterocycles. The molecule has 1 N–H and O–H groups in total. The van der Waals surface area contributed by atoms with Gasteiger partial charge in [-0.3, -0.25) is 4.79 Å². The number of nitroso groups, excluding NO2 is 1. The van der Waals surface area contributed by atoms with Crippen LogP contribution in [0, 0.1) is 4.91 Å². The molecule has 0 unspecified atom stereocenters. The third kappa shape index (κ3) is 2.77. The fourth-order valence-corrected chi connectivity index (χ4v) is 1.62. The minimum Gasteiger partial charge on any atom is -0.504 e. The number of benzene rings is 2. The summed E-state index contributed by atoms with van der Waals surface area (Å²) in [5, 5.41) is 12.5. The minimum absolute atomic E-state index is 0.112. The Bertz CT molecular complexity index is 596. The molecule has 0 aromatic heterocycles. The fraction of sp³-hybridized carbons (Fsp3) is 0.0714. The van der Waals surface area contributed by atoms with Crippen molar-refractivity contribution < 1.29 is 14.6 Å². The van der Waals surface area contributed by atoms with Crippen LogP contribution in [0.1, 0.15) is 15.9 Å². The Hall–Kier alpha value is -2.69. The van der Waals surface area contributed by atoms with Gasteiger partial charge in [-0.2, -0.15) is 0 Å². The summed E-state index contributed by atoms with van der Waals surface area (Å²) in [6.45, 7) is 0.251. The van der Waals surface area contributed by atoms with Gasteiger partial charge in [0.2, 0.25) is 0 Å². The molecule has 5 nitrogen and oxygen atoms in total. The minimum atomic E-state index is -0.372. The third-order valence-corrected chi connectivity index (χ3v) is 2.61. The Balaban J connectivity index is 2.22. The highest BCUT2D eigenvalue weighted by atomic mass is 16.5. The first-order valence-electron chi connectivity index (χ1n) is 5.57. The van der Waals surface area contributed by atoms with Crippen molar-refractivity contribution in [3.8, 4) is 11.5 Å². The van der Waals surface area contributed by atoms with Crippen LogP contribution in [0.25, 0.3) is 0 Å². The predicted molar refractivity (Wildman–Crippen MR) is 69.7 cm³/mol. The summed E-state index contributed by atoms with van der Waals surface area (Å²) in [5.41, 5.74) is 0.646. The monoisotopic (exact) mass is 257 g/mol. The van der Waals surface area contributed by atoms with E-state index in [1.54, 1.807) is 0 Å². The zero-order valence-electron chi connectivity index (χ0n) is 9.95. The number of hydrogen-bond donors (Lipinski definition) is 1. The van der Waals surface area contributed by atoms with E-state index in [2.05, 4.69) is 5.18 Å². The SMILES string of the molecule is O=Cc1c(N=O)ccc(OCc2ccccc2)c1O. The maximum absolute atomic E-state index is 10.8. The molecule has 0 saturated carbocycles. The maximum atomic E-state index is 10.8. The molecule has 0 atom stereocenters. The first-order valence-corrected chi connectivity index (χ1v) is 5.57. The third-order valence-electron chi connectivity index (χ3n) is 2.61. The van der Waals surface area contributed by atoms with Gasteiger partial charge in [-0.05, 0) is 22.9 Å². The van der Waals surface area contributed by atoms with Gasteiger partial charge < -0.3 is 9.84 Å². The van der Waals surface area contributed by atoms with E-state index in [1.807, 2.05) is 30.3 Å². The summed E-state index contributed by atoms with van der Waals surface area (Å²) in [4.78, 5) is 21.3. The van der Waals surface area contributed by atoms with Crippen LogP contribution in [0.4, 0.5) is 5.69 Å². The van der Waals surface area contributed by atoms with Crippen molar-refractivity contribution in [3.63, 3.8) is 0 Å². The molecule has 0 aliphatic rings. The van der Waals surface area contributed by atoms with Crippen molar-refractivity contribution >= 4 is 12.0 Å².